The Morgan fingerprint density at radius 3 is 2.62 bits per heavy atom. The Morgan fingerprint density at radius 1 is 1.14 bits per heavy atom. The minimum absolute atomic E-state index is 0.108. The monoisotopic (exact) mass is 343 g/mol. The van der Waals surface area contributed by atoms with Crippen molar-refractivity contribution in [1.29, 1.82) is 5.26 Å². The van der Waals surface area contributed by atoms with E-state index in [-0.39, 0.29) is 17.0 Å². The average Bonchev–Trinajstić information content (AvgIpc) is 2.97. The summed E-state index contributed by atoms with van der Waals surface area (Å²) in [6, 6.07) is 13.5. The molecule has 3 aromatic rings. The van der Waals surface area contributed by atoms with E-state index in [0.29, 0.717) is 5.82 Å². The van der Waals surface area contributed by atoms with E-state index in [9.17, 15) is 4.39 Å². The van der Waals surface area contributed by atoms with E-state index >= 15 is 0 Å². The highest BCUT2D eigenvalue weighted by Crippen LogP contribution is 2.26. The van der Waals surface area contributed by atoms with Crippen LogP contribution in [0.25, 0.3) is 22.8 Å². The maximum Gasteiger partial charge on any atom is 0.259 e. The summed E-state index contributed by atoms with van der Waals surface area (Å²) in [7, 11) is 0. The maximum atomic E-state index is 13.6. The van der Waals surface area contributed by atoms with Crippen LogP contribution < -0.4 is 0 Å². The number of aromatic nitrogens is 2. The molecule has 0 amide bonds. The topological polar surface area (TPSA) is 62.7 Å². The first-order valence-electron chi connectivity index (χ1n) is 5.97. The van der Waals surface area contributed by atoms with Crippen molar-refractivity contribution in [1.82, 2.24) is 10.1 Å². The fourth-order valence-corrected chi connectivity index (χ4v) is 2.13. The SMILES string of the molecule is N#Cc1c(F)cccc1-c1nc(-c2ccc(Br)cc2)no1. The van der Waals surface area contributed by atoms with Crippen LogP contribution in [0.3, 0.4) is 0 Å². The van der Waals surface area contributed by atoms with Gasteiger partial charge >= 0.3 is 0 Å². The Balaban J connectivity index is 2.05. The first-order chi connectivity index (χ1) is 10.2. The van der Waals surface area contributed by atoms with Crippen molar-refractivity contribution in [2.24, 2.45) is 0 Å². The first kappa shape index (κ1) is 13.5. The summed E-state index contributed by atoms with van der Waals surface area (Å²) in [6.45, 7) is 0. The lowest BCUT2D eigenvalue weighted by Crippen LogP contribution is -1.89. The van der Waals surface area contributed by atoms with Crippen LogP contribution in [-0.2, 0) is 0 Å². The molecule has 2 aromatic carbocycles. The summed E-state index contributed by atoms with van der Waals surface area (Å²) in [5.74, 6) is -0.118. The highest BCUT2D eigenvalue weighted by Gasteiger charge is 2.16. The predicted molar refractivity (Wildman–Crippen MR) is 77.5 cm³/mol. The third-order valence-electron chi connectivity index (χ3n) is 2.88. The van der Waals surface area contributed by atoms with Gasteiger partial charge in [0.15, 0.2) is 0 Å². The van der Waals surface area contributed by atoms with Crippen molar-refractivity contribution in [3.05, 3.63) is 58.3 Å². The first-order valence-corrected chi connectivity index (χ1v) is 6.77. The van der Waals surface area contributed by atoms with Crippen LogP contribution in [0.5, 0.6) is 0 Å². The Kier molecular flexibility index (Phi) is 3.50. The number of nitrogens with zero attached hydrogens (tertiary/aromatic N) is 3. The van der Waals surface area contributed by atoms with E-state index in [4.69, 9.17) is 9.78 Å². The summed E-state index contributed by atoms with van der Waals surface area (Å²) >= 11 is 3.34. The van der Waals surface area contributed by atoms with Gasteiger partial charge in [0.05, 0.1) is 5.56 Å². The molecule has 0 radical (unpaired) electrons. The van der Waals surface area contributed by atoms with E-state index < -0.39 is 5.82 Å². The Hall–Kier alpha value is -2.52. The molecule has 0 saturated carbocycles. The van der Waals surface area contributed by atoms with E-state index in [1.807, 2.05) is 30.3 Å². The van der Waals surface area contributed by atoms with Crippen LogP contribution in [0, 0.1) is 17.1 Å². The van der Waals surface area contributed by atoms with E-state index in [0.717, 1.165) is 10.0 Å². The van der Waals surface area contributed by atoms with Crippen molar-refractivity contribution in [3.8, 4) is 28.9 Å². The molecule has 4 nitrogen and oxygen atoms in total. The second-order valence-electron chi connectivity index (χ2n) is 4.20. The van der Waals surface area contributed by atoms with Crippen LogP contribution in [0.15, 0.2) is 51.5 Å². The Bertz CT molecular complexity index is 837. The third-order valence-corrected chi connectivity index (χ3v) is 3.41. The number of nitriles is 1. The molecule has 6 heteroatoms. The molecule has 0 atom stereocenters. The van der Waals surface area contributed by atoms with E-state index in [2.05, 4.69) is 26.1 Å². The lowest BCUT2D eigenvalue weighted by atomic mass is 10.1. The normalized spacial score (nSPS) is 10.3. The van der Waals surface area contributed by atoms with E-state index in [1.165, 1.54) is 12.1 Å². The Morgan fingerprint density at radius 2 is 1.90 bits per heavy atom. The van der Waals surface area contributed by atoms with Crippen molar-refractivity contribution in [3.63, 3.8) is 0 Å². The Labute approximate surface area is 128 Å². The van der Waals surface area contributed by atoms with Crippen molar-refractivity contribution >= 4 is 15.9 Å². The van der Waals surface area contributed by atoms with Gasteiger partial charge in [-0.25, -0.2) is 4.39 Å². The zero-order chi connectivity index (χ0) is 14.8. The predicted octanol–water partition coefficient (Wildman–Crippen LogP) is 4.18. The van der Waals surface area contributed by atoms with Gasteiger partial charge in [0.2, 0.25) is 5.82 Å². The largest absolute Gasteiger partial charge is 0.334 e. The zero-order valence-corrected chi connectivity index (χ0v) is 12.1. The molecule has 0 saturated heterocycles. The number of benzene rings is 2. The summed E-state index contributed by atoms with van der Waals surface area (Å²) in [4.78, 5) is 4.22. The van der Waals surface area contributed by atoms with Crippen LogP contribution in [-0.4, -0.2) is 10.1 Å². The molecule has 21 heavy (non-hydrogen) atoms. The molecule has 0 unspecified atom stereocenters. The average molecular weight is 344 g/mol. The highest BCUT2D eigenvalue weighted by atomic mass is 79.9. The maximum absolute atomic E-state index is 13.6. The molecule has 0 aliphatic carbocycles. The van der Waals surface area contributed by atoms with Crippen LogP contribution in [0.1, 0.15) is 5.56 Å². The lowest BCUT2D eigenvalue weighted by Gasteiger charge is -1.98. The molecule has 0 bridgehead atoms. The zero-order valence-electron chi connectivity index (χ0n) is 10.5. The second kappa shape index (κ2) is 5.46. The summed E-state index contributed by atoms with van der Waals surface area (Å²) in [6.07, 6.45) is 0. The van der Waals surface area contributed by atoms with Gasteiger partial charge in [-0.2, -0.15) is 10.2 Å². The lowest BCUT2D eigenvalue weighted by molar-refractivity contribution is 0.432. The van der Waals surface area contributed by atoms with Crippen LogP contribution in [0.4, 0.5) is 4.39 Å². The van der Waals surface area contributed by atoms with Gasteiger partial charge in [-0.15, -0.1) is 0 Å². The van der Waals surface area contributed by atoms with Gasteiger partial charge in [0.1, 0.15) is 17.4 Å². The van der Waals surface area contributed by atoms with Crippen molar-refractivity contribution in [2.45, 2.75) is 0 Å². The summed E-state index contributed by atoms with van der Waals surface area (Å²) in [5.41, 5.74) is 0.944. The number of hydrogen-bond acceptors (Lipinski definition) is 4. The molecule has 0 spiro atoms. The van der Waals surface area contributed by atoms with E-state index in [1.54, 1.807) is 6.07 Å². The van der Waals surface area contributed by atoms with Crippen LogP contribution >= 0.6 is 15.9 Å². The van der Waals surface area contributed by atoms with Gasteiger partial charge < -0.3 is 4.52 Å². The van der Waals surface area contributed by atoms with Gasteiger partial charge in [-0.3, -0.25) is 0 Å². The molecule has 0 aliphatic heterocycles. The minimum atomic E-state index is -0.613. The fraction of sp³-hybridized carbons (Fsp3) is 0. The summed E-state index contributed by atoms with van der Waals surface area (Å²) < 4.78 is 19.7. The van der Waals surface area contributed by atoms with Gasteiger partial charge in [-0.1, -0.05) is 27.2 Å². The molecule has 1 heterocycles. The number of hydrogen-bond donors (Lipinski definition) is 0. The summed E-state index contributed by atoms with van der Waals surface area (Å²) in [5, 5.41) is 12.9. The highest BCUT2D eigenvalue weighted by molar-refractivity contribution is 9.10. The molecule has 0 fully saturated rings. The van der Waals surface area contributed by atoms with Gasteiger partial charge in [-0.05, 0) is 36.4 Å². The smallest absolute Gasteiger partial charge is 0.259 e. The van der Waals surface area contributed by atoms with Gasteiger partial charge in [0, 0.05) is 10.0 Å². The third kappa shape index (κ3) is 2.56. The number of rotatable bonds is 2. The van der Waals surface area contributed by atoms with Gasteiger partial charge in [0.25, 0.3) is 5.89 Å². The molecule has 102 valence electrons. The standard InChI is InChI=1S/C15H7BrFN3O/c16-10-6-4-9(5-7-10)14-19-15(21-20-14)11-2-1-3-13(17)12(11)8-18/h1-7H. The molecule has 0 N–H and O–H groups in total. The second-order valence-corrected chi connectivity index (χ2v) is 5.12. The van der Waals surface area contributed by atoms with Crippen molar-refractivity contribution < 1.29 is 8.91 Å². The molecular weight excluding hydrogens is 337 g/mol. The number of halogens is 2. The molecule has 3 rings (SSSR count). The van der Waals surface area contributed by atoms with Crippen LogP contribution in [0.2, 0.25) is 0 Å². The molecule has 0 aliphatic rings. The minimum Gasteiger partial charge on any atom is -0.334 e. The quantitative estimate of drug-likeness (QED) is 0.700. The molecule has 1 aromatic heterocycles. The van der Waals surface area contributed by atoms with Crippen molar-refractivity contribution in [2.75, 3.05) is 0 Å². The molecular formula is C15H7BrFN3O. The fourth-order valence-electron chi connectivity index (χ4n) is 1.87.